The summed E-state index contributed by atoms with van der Waals surface area (Å²) in [7, 11) is 0. The summed E-state index contributed by atoms with van der Waals surface area (Å²) < 4.78 is 15.1. The van der Waals surface area contributed by atoms with E-state index in [-0.39, 0.29) is 11.7 Å². The van der Waals surface area contributed by atoms with E-state index in [1.54, 1.807) is 18.3 Å². The molecule has 2 heterocycles. The number of benzene rings is 3. The number of hydrogen-bond acceptors (Lipinski definition) is 3. The van der Waals surface area contributed by atoms with E-state index in [9.17, 15) is 9.18 Å². The molecule has 0 N–H and O–H groups in total. The number of fused-ring (bicyclic) bond motifs is 1. The number of aryl methyl sites for hydroxylation is 2. The molecule has 5 rings (SSSR count). The Balaban J connectivity index is 1.31. The van der Waals surface area contributed by atoms with E-state index in [0.29, 0.717) is 25.2 Å². The zero-order chi connectivity index (χ0) is 22.9. The van der Waals surface area contributed by atoms with Crippen molar-refractivity contribution in [2.45, 2.75) is 20.4 Å². The number of carbonyl (C=O) groups excluding carboxylic acids is 1. The number of aromatic nitrogens is 2. The highest BCUT2D eigenvalue weighted by molar-refractivity contribution is 5.98. The lowest BCUT2D eigenvalue weighted by Gasteiger charge is -2.37. The van der Waals surface area contributed by atoms with Crippen LogP contribution in [0.15, 0.2) is 66.9 Å². The zero-order valence-electron chi connectivity index (χ0n) is 19.0. The van der Waals surface area contributed by atoms with Crippen LogP contribution in [0.5, 0.6) is 0 Å². The molecular formula is C27H27FN4O. The third kappa shape index (κ3) is 4.33. The van der Waals surface area contributed by atoms with Gasteiger partial charge >= 0.3 is 0 Å². The van der Waals surface area contributed by atoms with Crippen molar-refractivity contribution in [1.82, 2.24) is 14.7 Å². The van der Waals surface area contributed by atoms with E-state index in [0.717, 1.165) is 29.6 Å². The van der Waals surface area contributed by atoms with Crippen LogP contribution in [-0.4, -0.2) is 46.8 Å². The molecule has 1 amide bonds. The number of amides is 1. The number of piperazine rings is 1. The molecule has 0 aliphatic carbocycles. The molecule has 1 aliphatic rings. The molecule has 0 saturated carbocycles. The van der Waals surface area contributed by atoms with Gasteiger partial charge in [0.1, 0.15) is 5.82 Å². The van der Waals surface area contributed by atoms with Gasteiger partial charge in [-0.15, -0.1) is 0 Å². The summed E-state index contributed by atoms with van der Waals surface area (Å²) in [6.45, 7) is 7.80. The summed E-state index contributed by atoms with van der Waals surface area (Å²) in [6.07, 6.45) is 1.80. The minimum absolute atomic E-state index is 0.0482. The van der Waals surface area contributed by atoms with Crippen LogP contribution in [0.4, 0.5) is 10.1 Å². The van der Waals surface area contributed by atoms with E-state index in [2.05, 4.69) is 42.0 Å². The first-order chi connectivity index (χ1) is 16.0. The van der Waals surface area contributed by atoms with E-state index < -0.39 is 0 Å². The van der Waals surface area contributed by atoms with Gasteiger partial charge in [0.05, 0.1) is 18.3 Å². The molecule has 3 aromatic carbocycles. The van der Waals surface area contributed by atoms with Gasteiger partial charge < -0.3 is 9.80 Å². The largest absolute Gasteiger partial charge is 0.368 e. The van der Waals surface area contributed by atoms with Crippen molar-refractivity contribution in [2.75, 3.05) is 31.1 Å². The van der Waals surface area contributed by atoms with Gasteiger partial charge in [-0.25, -0.2) is 4.39 Å². The molecule has 33 heavy (non-hydrogen) atoms. The highest BCUT2D eigenvalue weighted by atomic mass is 19.1. The first-order valence-corrected chi connectivity index (χ1v) is 11.3. The van der Waals surface area contributed by atoms with Crippen LogP contribution in [0.1, 0.15) is 27.0 Å². The summed E-state index contributed by atoms with van der Waals surface area (Å²) in [5.41, 5.74) is 6.30. The number of nitrogens with zero attached hydrogens (tertiary/aromatic N) is 4. The average molecular weight is 443 g/mol. The van der Waals surface area contributed by atoms with E-state index in [1.165, 1.54) is 28.9 Å². The average Bonchev–Trinajstić information content (AvgIpc) is 3.23. The fourth-order valence-corrected chi connectivity index (χ4v) is 4.49. The third-order valence-electron chi connectivity index (χ3n) is 6.41. The molecule has 1 saturated heterocycles. The van der Waals surface area contributed by atoms with Gasteiger partial charge in [0.2, 0.25) is 0 Å². The maximum Gasteiger partial charge on any atom is 0.254 e. The van der Waals surface area contributed by atoms with E-state index in [4.69, 9.17) is 0 Å². The highest BCUT2D eigenvalue weighted by Gasteiger charge is 2.23. The summed E-state index contributed by atoms with van der Waals surface area (Å²) in [5, 5.41) is 5.46. The van der Waals surface area contributed by atoms with Crippen LogP contribution in [0.2, 0.25) is 0 Å². The van der Waals surface area contributed by atoms with Crippen LogP contribution in [0.3, 0.4) is 0 Å². The first kappa shape index (κ1) is 21.2. The fraction of sp³-hybridized carbons (Fsp3) is 0.259. The standard InChI is InChI=1S/C27H27FN4O/c1-19-3-4-20(2)25(15-19)30-11-13-31(14-12-30)27(33)22-7-8-23-17-29-32(26(23)16-22)18-21-5-9-24(28)10-6-21/h3-10,15-17H,11-14,18H2,1-2H3. The van der Waals surface area contributed by atoms with Crippen molar-refractivity contribution in [2.24, 2.45) is 0 Å². The number of rotatable bonds is 4. The smallest absolute Gasteiger partial charge is 0.254 e. The second-order valence-corrected chi connectivity index (χ2v) is 8.77. The molecule has 0 spiro atoms. The second kappa shape index (κ2) is 8.70. The Labute approximate surface area is 193 Å². The molecule has 168 valence electrons. The van der Waals surface area contributed by atoms with Gasteiger partial charge in [0, 0.05) is 42.8 Å². The maximum absolute atomic E-state index is 13.3. The lowest BCUT2D eigenvalue weighted by atomic mass is 10.1. The highest BCUT2D eigenvalue weighted by Crippen LogP contribution is 2.24. The lowest BCUT2D eigenvalue weighted by molar-refractivity contribution is 0.0747. The second-order valence-electron chi connectivity index (χ2n) is 8.77. The molecule has 5 nitrogen and oxygen atoms in total. The molecule has 0 radical (unpaired) electrons. The minimum Gasteiger partial charge on any atom is -0.368 e. The normalized spacial score (nSPS) is 14.2. The maximum atomic E-state index is 13.3. The van der Waals surface area contributed by atoms with Gasteiger partial charge in [-0.05, 0) is 60.9 Å². The van der Waals surface area contributed by atoms with Crippen molar-refractivity contribution in [3.63, 3.8) is 0 Å². The Morgan fingerprint density at radius 3 is 2.45 bits per heavy atom. The van der Waals surface area contributed by atoms with Crippen LogP contribution in [0.25, 0.3) is 10.9 Å². The predicted molar refractivity (Wildman–Crippen MR) is 129 cm³/mol. The molecule has 1 aromatic heterocycles. The van der Waals surface area contributed by atoms with Crippen molar-refractivity contribution in [3.8, 4) is 0 Å². The Morgan fingerprint density at radius 2 is 1.70 bits per heavy atom. The predicted octanol–water partition coefficient (Wildman–Crippen LogP) is 4.80. The quantitative estimate of drug-likeness (QED) is 0.456. The van der Waals surface area contributed by atoms with E-state index in [1.807, 2.05) is 27.8 Å². The van der Waals surface area contributed by atoms with Gasteiger partial charge in [-0.3, -0.25) is 9.48 Å². The SMILES string of the molecule is Cc1ccc(C)c(N2CCN(C(=O)c3ccc4cnn(Cc5ccc(F)cc5)c4c3)CC2)c1. The number of hydrogen-bond donors (Lipinski definition) is 0. The molecule has 1 fully saturated rings. The Morgan fingerprint density at radius 1 is 0.939 bits per heavy atom. The molecular weight excluding hydrogens is 415 g/mol. The van der Waals surface area contributed by atoms with Crippen molar-refractivity contribution in [3.05, 3.63) is 94.9 Å². The van der Waals surface area contributed by atoms with Crippen molar-refractivity contribution in [1.29, 1.82) is 0 Å². The van der Waals surface area contributed by atoms with Crippen LogP contribution < -0.4 is 4.90 Å². The Kier molecular flexibility index (Phi) is 5.58. The number of anilines is 1. The molecule has 6 heteroatoms. The monoisotopic (exact) mass is 442 g/mol. The Hall–Kier alpha value is -3.67. The summed E-state index contributed by atoms with van der Waals surface area (Å²) >= 11 is 0. The van der Waals surface area contributed by atoms with Crippen LogP contribution in [0, 0.1) is 19.7 Å². The first-order valence-electron chi connectivity index (χ1n) is 11.3. The molecule has 4 aromatic rings. The minimum atomic E-state index is -0.255. The topological polar surface area (TPSA) is 41.4 Å². The summed E-state index contributed by atoms with van der Waals surface area (Å²) in [5.74, 6) is -0.207. The molecule has 1 aliphatic heterocycles. The van der Waals surface area contributed by atoms with Crippen LogP contribution >= 0.6 is 0 Å². The fourth-order valence-electron chi connectivity index (χ4n) is 4.49. The number of carbonyl (C=O) groups is 1. The lowest BCUT2D eigenvalue weighted by Crippen LogP contribution is -2.49. The molecule has 0 unspecified atom stereocenters. The van der Waals surface area contributed by atoms with Gasteiger partial charge in [-0.2, -0.15) is 5.10 Å². The third-order valence-corrected chi connectivity index (χ3v) is 6.41. The summed E-state index contributed by atoms with van der Waals surface area (Å²) in [4.78, 5) is 17.6. The molecule has 0 bridgehead atoms. The number of halogens is 1. The van der Waals surface area contributed by atoms with Gasteiger partial charge in [0.15, 0.2) is 0 Å². The van der Waals surface area contributed by atoms with E-state index >= 15 is 0 Å². The summed E-state index contributed by atoms with van der Waals surface area (Å²) in [6, 6.07) is 18.7. The van der Waals surface area contributed by atoms with Crippen LogP contribution in [-0.2, 0) is 6.54 Å². The Bertz CT molecular complexity index is 1300. The van der Waals surface area contributed by atoms with Gasteiger partial charge in [-0.1, -0.05) is 30.3 Å². The van der Waals surface area contributed by atoms with Gasteiger partial charge in [0.25, 0.3) is 5.91 Å². The van der Waals surface area contributed by atoms with Crippen molar-refractivity contribution >= 4 is 22.5 Å². The zero-order valence-corrected chi connectivity index (χ0v) is 19.0. The van der Waals surface area contributed by atoms with Crippen molar-refractivity contribution < 1.29 is 9.18 Å². The molecule has 0 atom stereocenters.